The Bertz CT molecular complexity index is 348. The Hall–Kier alpha value is -1.22. The summed E-state index contributed by atoms with van der Waals surface area (Å²) in [5, 5.41) is 8.40. The molecule has 1 rings (SSSR count). The van der Waals surface area contributed by atoms with Gasteiger partial charge in [0.1, 0.15) is 5.75 Å². The molecule has 1 aromatic carbocycles. The zero-order valence-electron chi connectivity index (χ0n) is 9.86. The van der Waals surface area contributed by atoms with Crippen molar-refractivity contribution in [2.75, 3.05) is 6.61 Å². The topological polar surface area (TPSA) is 46.5 Å². The van der Waals surface area contributed by atoms with Crippen LogP contribution >= 0.6 is 11.6 Å². The second-order valence-corrected chi connectivity index (χ2v) is 4.28. The summed E-state index contributed by atoms with van der Waals surface area (Å²) in [6, 6.07) is 7.60. The summed E-state index contributed by atoms with van der Waals surface area (Å²) >= 11 is 6.19. The third-order valence-corrected chi connectivity index (χ3v) is 2.87. The Morgan fingerprint density at radius 1 is 1.41 bits per heavy atom. The number of rotatable bonds is 7. The first-order valence-electron chi connectivity index (χ1n) is 5.72. The number of hydrogen-bond donors (Lipinski definition) is 1. The molecule has 0 radical (unpaired) electrons. The van der Waals surface area contributed by atoms with Crippen LogP contribution in [0.2, 0.25) is 0 Å². The molecule has 0 aromatic heterocycles. The first-order chi connectivity index (χ1) is 8.13. The molecule has 0 amide bonds. The van der Waals surface area contributed by atoms with Crippen molar-refractivity contribution in [2.24, 2.45) is 0 Å². The highest BCUT2D eigenvalue weighted by atomic mass is 35.5. The number of halogens is 1. The van der Waals surface area contributed by atoms with Crippen molar-refractivity contribution in [1.82, 2.24) is 0 Å². The SMILES string of the molecule is CCOc1ccc(C(Cl)CCCC(=O)O)cc1. The minimum Gasteiger partial charge on any atom is -0.494 e. The van der Waals surface area contributed by atoms with E-state index < -0.39 is 5.97 Å². The van der Waals surface area contributed by atoms with Gasteiger partial charge in [0.2, 0.25) is 0 Å². The van der Waals surface area contributed by atoms with Crippen molar-refractivity contribution in [3.05, 3.63) is 29.8 Å². The van der Waals surface area contributed by atoms with Gasteiger partial charge >= 0.3 is 5.97 Å². The van der Waals surface area contributed by atoms with Crippen molar-refractivity contribution in [1.29, 1.82) is 0 Å². The normalized spacial score (nSPS) is 12.1. The van der Waals surface area contributed by atoms with E-state index in [0.717, 1.165) is 11.3 Å². The molecule has 1 N–H and O–H groups in total. The zero-order chi connectivity index (χ0) is 12.7. The molecule has 1 atom stereocenters. The summed E-state index contributed by atoms with van der Waals surface area (Å²) < 4.78 is 5.33. The van der Waals surface area contributed by atoms with Gasteiger partial charge in [-0.1, -0.05) is 12.1 Å². The summed E-state index contributed by atoms with van der Waals surface area (Å²) in [4.78, 5) is 10.4. The minimum atomic E-state index is -0.777. The van der Waals surface area contributed by atoms with Gasteiger partial charge in [-0.25, -0.2) is 0 Å². The standard InChI is InChI=1S/C13H17ClO3/c1-2-17-11-8-6-10(7-9-11)12(14)4-3-5-13(15)16/h6-9,12H,2-5H2,1H3,(H,15,16). The number of carbonyl (C=O) groups is 1. The van der Waals surface area contributed by atoms with Crippen molar-refractivity contribution >= 4 is 17.6 Å². The highest BCUT2D eigenvalue weighted by molar-refractivity contribution is 6.20. The fourth-order valence-electron chi connectivity index (χ4n) is 1.54. The van der Waals surface area contributed by atoms with Gasteiger partial charge in [-0.2, -0.15) is 0 Å². The van der Waals surface area contributed by atoms with E-state index in [4.69, 9.17) is 21.4 Å². The molecular formula is C13H17ClO3. The molecule has 0 aliphatic rings. The molecule has 3 nitrogen and oxygen atoms in total. The van der Waals surface area contributed by atoms with Gasteiger partial charge in [-0.05, 0) is 37.5 Å². The number of ether oxygens (including phenoxy) is 1. The fraction of sp³-hybridized carbons (Fsp3) is 0.462. The molecule has 1 aromatic rings. The van der Waals surface area contributed by atoms with Crippen LogP contribution in [0.15, 0.2) is 24.3 Å². The van der Waals surface area contributed by atoms with Crippen LogP contribution in [0.1, 0.15) is 37.1 Å². The fourth-order valence-corrected chi connectivity index (χ4v) is 1.84. The zero-order valence-corrected chi connectivity index (χ0v) is 10.6. The number of alkyl halides is 1. The molecule has 0 spiro atoms. The van der Waals surface area contributed by atoms with E-state index in [1.165, 1.54) is 0 Å². The molecule has 4 heteroatoms. The summed E-state index contributed by atoms with van der Waals surface area (Å²) in [7, 11) is 0. The molecule has 0 aliphatic carbocycles. The van der Waals surface area contributed by atoms with Gasteiger partial charge in [0.25, 0.3) is 0 Å². The van der Waals surface area contributed by atoms with Crippen LogP contribution in [-0.4, -0.2) is 17.7 Å². The predicted octanol–water partition coefficient (Wildman–Crippen LogP) is 3.62. The monoisotopic (exact) mass is 256 g/mol. The largest absolute Gasteiger partial charge is 0.494 e. The lowest BCUT2D eigenvalue weighted by atomic mass is 10.1. The molecule has 0 saturated carbocycles. The molecule has 0 fully saturated rings. The van der Waals surface area contributed by atoms with Crippen molar-refractivity contribution in [3.63, 3.8) is 0 Å². The third-order valence-electron chi connectivity index (χ3n) is 2.40. The lowest BCUT2D eigenvalue weighted by Gasteiger charge is -2.10. The van der Waals surface area contributed by atoms with Crippen molar-refractivity contribution in [2.45, 2.75) is 31.6 Å². The van der Waals surface area contributed by atoms with Gasteiger partial charge < -0.3 is 9.84 Å². The quantitative estimate of drug-likeness (QED) is 0.758. The number of carboxylic acids is 1. The molecule has 1 unspecified atom stereocenters. The van der Waals surface area contributed by atoms with E-state index in [9.17, 15) is 4.79 Å². The highest BCUT2D eigenvalue weighted by Gasteiger charge is 2.08. The second-order valence-electron chi connectivity index (χ2n) is 3.76. The molecular weight excluding hydrogens is 240 g/mol. The van der Waals surface area contributed by atoms with Crippen LogP contribution in [0.4, 0.5) is 0 Å². The summed E-state index contributed by atoms with van der Waals surface area (Å²) in [5.41, 5.74) is 1.00. The predicted molar refractivity (Wildman–Crippen MR) is 67.7 cm³/mol. The Balaban J connectivity index is 2.45. The smallest absolute Gasteiger partial charge is 0.303 e. The van der Waals surface area contributed by atoms with E-state index in [1.54, 1.807) is 0 Å². The Morgan fingerprint density at radius 3 is 2.59 bits per heavy atom. The molecule has 0 heterocycles. The maximum atomic E-state index is 10.4. The molecule has 0 aliphatic heterocycles. The van der Waals surface area contributed by atoms with Crippen LogP contribution in [0.25, 0.3) is 0 Å². The summed E-state index contributed by atoms with van der Waals surface area (Å²) in [5.74, 6) is 0.0474. The molecule has 17 heavy (non-hydrogen) atoms. The second kappa shape index (κ2) is 7.17. The van der Waals surface area contributed by atoms with E-state index in [2.05, 4.69) is 0 Å². The van der Waals surface area contributed by atoms with Crippen LogP contribution in [0.3, 0.4) is 0 Å². The number of benzene rings is 1. The number of hydrogen-bond acceptors (Lipinski definition) is 2. The average Bonchev–Trinajstić information content (AvgIpc) is 2.30. The van der Waals surface area contributed by atoms with E-state index in [-0.39, 0.29) is 11.8 Å². The van der Waals surface area contributed by atoms with Gasteiger partial charge in [-0.15, -0.1) is 11.6 Å². The third kappa shape index (κ3) is 5.09. The highest BCUT2D eigenvalue weighted by Crippen LogP contribution is 2.27. The van der Waals surface area contributed by atoms with Gasteiger partial charge in [0, 0.05) is 6.42 Å². The molecule has 0 saturated heterocycles. The lowest BCUT2D eigenvalue weighted by molar-refractivity contribution is -0.137. The maximum Gasteiger partial charge on any atom is 0.303 e. The van der Waals surface area contributed by atoms with Crippen molar-refractivity contribution in [3.8, 4) is 5.75 Å². The Morgan fingerprint density at radius 2 is 2.06 bits per heavy atom. The van der Waals surface area contributed by atoms with Gasteiger partial charge in [-0.3, -0.25) is 4.79 Å². The summed E-state index contributed by atoms with van der Waals surface area (Å²) in [6.45, 7) is 2.58. The number of aliphatic carboxylic acids is 1. The van der Waals surface area contributed by atoms with E-state index in [0.29, 0.717) is 19.4 Å². The van der Waals surface area contributed by atoms with Crippen molar-refractivity contribution < 1.29 is 14.6 Å². The van der Waals surface area contributed by atoms with Crippen LogP contribution in [0, 0.1) is 0 Å². The molecule has 0 bridgehead atoms. The lowest BCUT2D eigenvalue weighted by Crippen LogP contribution is -1.97. The van der Waals surface area contributed by atoms with Crippen LogP contribution < -0.4 is 4.74 Å². The van der Waals surface area contributed by atoms with Gasteiger partial charge in [0.15, 0.2) is 0 Å². The van der Waals surface area contributed by atoms with Crippen LogP contribution in [0.5, 0.6) is 5.75 Å². The summed E-state index contributed by atoms with van der Waals surface area (Å²) in [6.07, 6.45) is 1.43. The average molecular weight is 257 g/mol. The van der Waals surface area contributed by atoms with E-state index >= 15 is 0 Å². The van der Waals surface area contributed by atoms with Gasteiger partial charge in [0.05, 0.1) is 12.0 Å². The first-order valence-corrected chi connectivity index (χ1v) is 6.15. The Labute approximate surface area is 106 Å². The molecule has 94 valence electrons. The maximum absolute atomic E-state index is 10.4. The first kappa shape index (κ1) is 13.8. The van der Waals surface area contributed by atoms with Crippen LogP contribution in [-0.2, 0) is 4.79 Å². The number of carboxylic acid groups (broad SMARTS) is 1. The Kier molecular flexibility index (Phi) is 5.84. The van der Waals surface area contributed by atoms with E-state index in [1.807, 2.05) is 31.2 Å². The minimum absolute atomic E-state index is 0.134.